The molecule has 1 fully saturated rings. The van der Waals surface area contributed by atoms with E-state index in [1.165, 1.54) is 6.08 Å². The normalized spacial score (nSPS) is 16.6. The van der Waals surface area contributed by atoms with Crippen LogP contribution in [0.1, 0.15) is 12.0 Å². The average molecular weight is 393 g/mol. The predicted octanol–water partition coefficient (Wildman–Crippen LogP) is 2.38. The van der Waals surface area contributed by atoms with Crippen LogP contribution in [0.2, 0.25) is 0 Å². The number of hydrogen-bond acceptors (Lipinski definition) is 6. The smallest absolute Gasteiger partial charge is 0.327 e. The Balaban J connectivity index is 2.33. The summed E-state index contributed by atoms with van der Waals surface area (Å²) in [6.45, 7) is 3.86. The zero-order valence-electron chi connectivity index (χ0n) is 13.5. The highest BCUT2D eigenvalue weighted by Crippen LogP contribution is 2.36. The van der Waals surface area contributed by atoms with Crippen molar-refractivity contribution in [3.05, 3.63) is 47.4 Å². The highest BCUT2D eigenvalue weighted by Gasteiger charge is 2.41. The average Bonchev–Trinajstić information content (AvgIpc) is 2.85. The molecule has 0 saturated carbocycles. The minimum absolute atomic E-state index is 0.000564. The third-order valence-corrected chi connectivity index (χ3v) is 4.68. The lowest BCUT2D eigenvalue weighted by Crippen LogP contribution is -2.45. The number of para-hydroxylation sites is 1. The number of amides is 1. The van der Waals surface area contributed by atoms with E-state index in [9.17, 15) is 19.5 Å². The SMILES string of the molecule is C=CCOc1ccccc1/C=C1/SC(=S)N([C@H](CC(=O)O)C(=O)O)C1=O. The molecule has 1 aromatic rings. The number of thioether (sulfide) groups is 1. The lowest BCUT2D eigenvalue weighted by atomic mass is 10.1. The van der Waals surface area contributed by atoms with Gasteiger partial charge in [-0.15, -0.1) is 0 Å². The summed E-state index contributed by atoms with van der Waals surface area (Å²) < 4.78 is 5.52. The van der Waals surface area contributed by atoms with Gasteiger partial charge in [0.1, 0.15) is 22.7 Å². The summed E-state index contributed by atoms with van der Waals surface area (Å²) in [5.41, 5.74) is 0.611. The minimum Gasteiger partial charge on any atom is -0.489 e. The van der Waals surface area contributed by atoms with Crippen LogP contribution in [-0.4, -0.2) is 49.9 Å². The first kappa shape index (κ1) is 19.7. The summed E-state index contributed by atoms with van der Waals surface area (Å²) in [7, 11) is 0. The topological polar surface area (TPSA) is 104 Å². The lowest BCUT2D eigenvalue weighted by molar-refractivity contribution is -0.150. The Morgan fingerprint density at radius 1 is 1.35 bits per heavy atom. The molecule has 9 heteroatoms. The minimum atomic E-state index is -1.56. The summed E-state index contributed by atoms with van der Waals surface area (Å²) in [4.78, 5) is 35.9. The molecule has 136 valence electrons. The first-order valence-corrected chi connectivity index (χ1v) is 8.62. The Bertz CT molecular complexity index is 804. The number of hydrogen-bond donors (Lipinski definition) is 2. The van der Waals surface area contributed by atoms with Crippen molar-refractivity contribution in [2.75, 3.05) is 6.61 Å². The number of thiocarbonyl (C=S) groups is 1. The standard InChI is InChI=1S/C17H15NO6S2/c1-2-7-24-12-6-4-3-5-10(12)8-13-15(21)18(17(25)26-13)11(16(22)23)9-14(19)20/h2-6,8,11H,1,7,9H2,(H,19,20)(H,22,23)/b13-8+/t11-/m1/s1. The number of carbonyl (C=O) groups is 3. The number of carboxylic acid groups (broad SMARTS) is 2. The Labute approximate surface area is 158 Å². The molecular weight excluding hydrogens is 378 g/mol. The first-order chi connectivity index (χ1) is 12.3. The van der Waals surface area contributed by atoms with Gasteiger partial charge in [0.2, 0.25) is 0 Å². The number of ether oxygens (including phenoxy) is 1. The van der Waals surface area contributed by atoms with Crippen LogP contribution in [0, 0.1) is 0 Å². The molecular formula is C17H15NO6S2. The van der Waals surface area contributed by atoms with Gasteiger partial charge in [-0.2, -0.15) is 0 Å². The highest BCUT2D eigenvalue weighted by molar-refractivity contribution is 8.26. The molecule has 1 aliphatic rings. The van der Waals surface area contributed by atoms with Gasteiger partial charge in [-0.1, -0.05) is 54.8 Å². The van der Waals surface area contributed by atoms with E-state index in [1.54, 1.807) is 30.3 Å². The summed E-state index contributed by atoms with van der Waals surface area (Å²) >= 11 is 6.01. The molecule has 0 aliphatic carbocycles. The summed E-state index contributed by atoms with van der Waals surface area (Å²) in [6, 6.07) is 5.43. The Morgan fingerprint density at radius 3 is 2.65 bits per heavy atom. The monoisotopic (exact) mass is 393 g/mol. The van der Waals surface area contributed by atoms with E-state index in [2.05, 4.69) is 6.58 Å². The number of benzene rings is 1. The lowest BCUT2D eigenvalue weighted by Gasteiger charge is -2.21. The molecule has 1 amide bonds. The summed E-state index contributed by atoms with van der Waals surface area (Å²) in [6.07, 6.45) is 2.38. The van der Waals surface area contributed by atoms with Crippen molar-refractivity contribution in [3.8, 4) is 5.75 Å². The molecule has 1 saturated heterocycles. The fourth-order valence-electron chi connectivity index (χ4n) is 2.22. The van der Waals surface area contributed by atoms with E-state index in [0.29, 0.717) is 11.3 Å². The quantitative estimate of drug-likeness (QED) is 0.394. The Kier molecular flexibility index (Phi) is 6.53. The molecule has 1 aromatic carbocycles. The molecule has 0 spiro atoms. The number of rotatable bonds is 8. The number of carbonyl (C=O) groups excluding carboxylic acids is 1. The second-order valence-electron chi connectivity index (χ2n) is 5.14. The molecule has 0 bridgehead atoms. The largest absolute Gasteiger partial charge is 0.489 e. The zero-order chi connectivity index (χ0) is 19.3. The Hall–Kier alpha value is -2.65. The Morgan fingerprint density at radius 2 is 2.04 bits per heavy atom. The van der Waals surface area contributed by atoms with Gasteiger partial charge in [-0.3, -0.25) is 14.5 Å². The second-order valence-corrected chi connectivity index (χ2v) is 6.82. The van der Waals surface area contributed by atoms with E-state index in [0.717, 1.165) is 16.7 Å². The fraction of sp³-hybridized carbons (Fsp3) is 0.176. The maximum absolute atomic E-state index is 12.6. The van der Waals surface area contributed by atoms with Crippen LogP contribution < -0.4 is 4.74 Å². The molecule has 0 unspecified atom stereocenters. The van der Waals surface area contributed by atoms with Crippen molar-refractivity contribution in [2.45, 2.75) is 12.5 Å². The van der Waals surface area contributed by atoms with Gasteiger partial charge in [-0.25, -0.2) is 4.79 Å². The third kappa shape index (κ3) is 4.50. The van der Waals surface area contributed by atoms with Gasteiger partial charge in [0.25, 0.3) is 5.91 Å². The highest BCUT2D eigenvalue weighted by atomic mass is 32.2. The molecule has 0 aromatic heterocycles. The van der Waals surface area contributed by atoms with Crippen LogP contribution in [0.5, 0.6) is 5.75 Å². The molecule has 7 nitrogen and oxygen atoms in total. The molecule has 1 aliphatic heterocycles. The first-order valence-electron chi connectivity index (χ1n) is 7.39. The van der Waals surface area contributed by atoms with Crippen molar-refractivity contribution in [1.82, 2.24) is 4.90 Å². The van der Waals surface area contributed by atoms with E-state index in [4.69, 9.17) is 22.1 Å². The second kappa shape index (κ2) is 8.63. The number of aliphatic carboxylic acids is 2. The number of carboxylic acids is 2. The summed E-state index contributed by atoms with van der Waals surface area (Å²) in [5, 5.41) is 18.2. The van der Waals surface area contributed by atoms with Crippen molar-refractivity contribution < 1.29 is 29.3 Å². The van der Waals surface area contributed by atoms with Crippen LogP contribution in [0.15, 0.2) is 41.8 Å². The van der Waals surface area contributed by atoms with Crippen molar-refractivity contribution >= 4 is 52.2 Å². The maximum Gasteiger partial charge on any atom is 0.327 e. The zero-order valence-corrected chi connectivity index (χ0v) is 15.1. The molecule has 0 radical (unpaired) electrons. The van der Waals surface area contributed by atoms with Gasteiger partial charge in [-0.05, 0) is 12.1 Å². The van der Waals surface area contributed by atoms with Crippen LogP contribution in [0.3, 0.4) is 0 Å². The van der Waals surface area contributed by atoms with Gasteiger partial charge in [0.05, 0.1) is 11.3 Å². The van der Waals surface area contributed by atoms with Crippen LogP contribution >= 0.6 is 24.0 Å². The maximum atomic E-state index is 12.6. The van der Waals surface area contributed by atoms with E-state index >= 15 is 0 Å². The van der Waals surface area contributed by atoms with Crippen LogP contribution in [-0.2, 0) is 14.4 Å². The molecule has 26 heavy (non-hydrogen) atoms. The van der Waals surface area contributed by atoms with Gasteiger partial charge < -0.3 is 14.9 Å². The molecule has 2 rings (SSSR count). The van der Waals surface area contributed by atoms with Crippen LogP contribution in [0.4, 0.5) is 0 Å². The summed E-state index contributed by atoms with van der Waals surface area (Å²) in [5.74, 6) is -2.89. The van der Waals surface area contributed by atoms with E-state index in [1.807, 2.05) is 0 Å². The third-order valence-electron chi connectivity index (χ3n) is 3.35. The molecule has 1 heterocycles. The van der Waals surface area contributed by atoms with Gasteiger partial charge in [0, 0.05) is 5.56 Å². The molecule has 1 atom stereocenters. The van der Waals surface area contributed by atoms with E-state index < -0.39 is 30.3 Å². The van der Waals surface area contributed by atoms with Crippen molar-refractivity contribution in [3.63, 3.8) is 0 Å². The van der Waals surface area contributed by atoms with Gasteiger partial charge in [0.15, 0.2) is 0 Å². The van der Waals surface area contributed by atoms with Gasteiger partial charge >= 0.3 is 11.9 Å². The van der Waals surface area contributed by atoms with E-state index in [-0.39, 0.29) is 15.8 Å². The fourth-order valence-corrected chi connectivity index (χ4v) is 3.57. The van der Waals surface area contributed by atoms with Crippen LogP contribution in [0.25, 0.3) is 6.08 Å². The van der Waals surface area contributed by atoms with Crippen molar-refractivity contribution in [2.24, 2.45) is 0 Å². The molecule has 2 N–H and O–H groups in total. The predicted molar refractivity (Wildman–Crippen MR) is 101 cm³/mol. The number of nitrogens with zero attached hydrogens (tertiary/aromatic N) is 1. The van der Waals surface area contributed by atoms with Crippen molar-refractivity contribution in [1.29, 1.82) is 0 Å².